The minimum absolute atomic E-state index is 0.00595. The van der Waals surface area contributed by atoms with Gasteiger partial charge in [-0.3, -0.25) is 0 Å². The van der Waals surface area contributed by atoms with Crippen LogP contribution < -0.4 is 10.1 Å². The quantitative estimate of drug-likeness (QED) is 0.171. The molecule has 1 amide bonds. The maximum Gasteiger partial charge on any atom is 0.442 e. The number of rotatable bonds is 16. The highest BCUT2D eigenvalue weighted by molar-refractivity contribution is 5.68. The fourth-order valence-electron chi connectivity index (χ4n) is 3.73. The molecule has 1 heterocycles. The van der Waals surface area contributed by atoms with E-state index in [1.54, 1.807) is 26.8 Å². The molecule has 0 saturated carbocycles. The van der Waals surface area contributed by atoms with Crippen LogP contribution in [0, 0.1) is 0 Å². The third kappa shape index (κ3) is 10.6. The van der Waals surface area contributed by atoms with Crippen molar-refractivity contribution in [2.45, 2.75) is 102 Å². The lowest BCUT2D eigenvalue weighted by atomic mass is 10.0. The van der Waals surface area contributed by atoms with E-state index in [1.165, 1.54) is 24.3 Å². The summed E-state index contributed by atoms with van der Waals surface area (Å²) in [6, 6.07) is 4.90. The van der Waals surface area contributed by atoms with Gasteiger partial charge in [-0.15, -0.1) is 10.2 Å². The summed E-state index contributed by atoms with van der Waals surface area (Å²) >= 11 is 0. The molecule has 1 aromatic carbocycles. The smallest absolute Gasteiger partial charge is 0.442 e. The fourth-order valence-corrected chi connectivity index (χ4v) is 3.73. The fraction of sp³-hybridized carbons (Fsp3) is 0.667. The lowest BCUT2D eigenvalue weighted by Crippen LogP contribution is -2.47. The van der Waals surface area contributed by atoms with Gasteiger partial charge in [-0.25, -0.2) is 4.79 Å². The first kappa shape index (κ1) is 31.6. The highest BCUT2D eigenvalue weighted by Gasteiger charge is 2.65. The number of alkyl carbamates (subject to hydrolysis) is 1. The van der Waals surface area contributed by atoms with Crippen LogP contribution in [0.1, 0.15) is 77.7 Å². The van der Waals surface area contributed by atoms with Crippen molar-refractivity contribution in [1.29, 1.82) is 0 Å². The number of nitrogens with zero attached hydrogens (tertiary/aromatic N) is 2. The second-order valence-corrected chi connectivity index (χ2v) is 10.4. The van der Waals surface area contributed by atoms with Gasteiger partial charge in [-0.1, -0.05) is 56.4 Å². The van der Waals surface area contributed by atoms with Crippen LogP contribution in [0.2, 0.25) is 0 Å². The Labute approximate surface area is 222 Å². The van der Waals surface area contributed by atoms with Gasteiger partial charge in [-0.2, -0.15) is 13.2 Å². The monoisotopic (exact) mass is 543 g/mol. The topological polar surface area (TPSA) is 113 Å². The number of hydrogen-bond donors (Lipinski definition) is 3. The zero-order chi connectivity index (χ0) is 28.2. The first-order valence-corrected chi connectivity index (χ1v) is 13.1. The molecule has 0 aromatic heterocycles. The molecule has 11 heteroatoms. The Kier molecular flexibility index (Phi) is 12.0. The van der Waals surface area contributed by atoms with E-state index in [9.17, 15) is 28.2 Å². The van der Waals surface area contributed by atoms with E-state index in [1.807, 2.05) is 6.08 Å². The summed E-state index contributed by atoms with van der Waals surface area (Å²) < 4.78 is 49.8. The van der Waals surface area contributed by atoms with Gasteiger partial charge >= 0.3 is 17.9 Å². The van der Waals surface area contributed by atoms with Crippen LogP contribution in [0.4, 0.5) is 18.0 Å². The number of hydrogen-bond acceptors (Lipinski definition) is 7. The molecule has 0 aliphatic carbocycles. The number of nitrogens with one attached hydrogen (secondary N) is 1. The first-order chi connectivity index (χ1) is 17.9. The molecule has 0 saturated heterocycles. The van der Waals surface area contributed by atoms with Gasteiger partial charge in [0.1, 0.15) is 11.4 Å². The standard InChI is InChI=1S/C27H40F3N3O5/c1-25(2,3)38-24(36)31-22(19-34)23(35)13-11-9-7-5-4-6-8-10-12-18-37-21-16-14-20(15-17-21)26(32-33-26)27(28,29)30/h11,13-17,22-23,34-35H,4-10,12,18-19H2,1-3H3,(H,31,36)/b13-11-/t22-,23+/m0/s1. The molecule has 8 nitrogen and oxygen atoms in total. The van der Waals surface area contributed by atoms with E-state index < -0.39 is 42.3 Å². The van der Waals surface area contributed by atoms with Crippen LogP contribution in [-0.4, -0.2) is 53.4 Å². The maximum atomic E-state index is 13.0. The van der Waals surface area contributed by atoms with E-state index in [2.05, 4.69) is 15.5 Å². The number of amides is 1. The number of benzene rings is 1. The number of ether oxygens (including phenoxy) is 2. The molecule has 0 bridgehead atoms. The molecule has 1 aliphatic rings. The Balaban J connectivity index is 1.48. The molecule has 0 radical (unpaired) electrons. The maximum absolute atomic E-state index is 13.0. The van der Waals surface area contributed by atoms with Crippen molar-refractivity contribution >= 4 is 6.09 Å². The van der Waals surface area contributed by atoms with Crippen molar-refractivity contribution in [3.8, 4) is 5.75 Å². The molecule has 1 aliphatic heterocycles. The Bertz CT molecular complexity index is 908. The molecular weight excluding hydrogens is 503 g/mol. The van der Waals surface area contributed by atoms with E-state index in [4.69, 9.17) is 9.47 Å². The SMILES string of the molecule is CC(C)(C)OC(=O)N[C@@H](CO)[C@H](O)/C=C\CCCCCCCCCOc1ccc(C2(C(F)(F)F)N=N2)cc1. The van der Waals surface area contributed by atoms with Crippen LogP contribution in [0.25, 0.3) is 0 Å². The lowest BCUT2D eigenvalue weighted by molar-refractivity contribution is -0.166. The number of carbonyl (C=O) groups excluding carboxylic acids is 1. The minimum atomic E-state index is -4.53. The predicted octanol–water partition coefficient (Wildman–Crippen LogP) is 6.17. The number of aliphatic hydroxyl groups is 2. The summed E-state index contributed by atoms with van der Waals surface area (Å²) in [4.78, 5) is 11.8. The highest BCUT2D eigenvalue weighted by atomic mass is 19.4. The normalized spacial score (nSPS) is 16.3. The van der Waals surface area contributed by atoms with Crippen LogP contribution in [0.5, 0.6) is 5.75 Å². The van der Waals surface area contributed by atoms with E-state index in [0.29, 0.717) is 12.4 Å². The summed E-state index contributed by atoms with van der Waals surface area (Å²) in [6.07, 6.45) is 5.17. The van der Waals surface area contributed by atoms with Gasteiger partial charge in [0.05, 0.1) is 25.4 Å². The highest BCUT2D eigenvalue weighted by Crippen LogP contribution is 2.52. The third-order valence-corrected chi connectivity index (χ3v) is 5.88. The molecule has 38 heavy (non-hydrogen) atoms. The second kappa shape index (κ2) is 14.5. The molecule has 0 unspecified atom stereocenters. The lowest BCUT2D eigenvalue weighted by Gasteiger charge is -2.24. The van der Waals surface area contributed by atoms with Crippen LogP contribution in [0.3, 0.4) is 0 Å². The summed E-state index contributed by atoms with van der Waals surface area (Å²) in [5.41, 5.74) is -3.06. The predicted molar refractivity (Wildman–Crippen MR) is 137 cm³/mol. The zero-order valence-electron chi connectivity index (χ0n) is 22.3. The Morgan fingerprint density at radius 3 is 2.13 bits per heavy atom. The number of aliphatic hydroxyl groups excluding tert-OH is 2. The van der Waals surface area contributed by atoms with Gasteiger partial charge in [0.25, 0.3) is 0 Å². The molecule has 0 fully saturated rings. The van der Waals surface area contributed by atoms with Gasteiger partial charge in [-0.05, 0) is 52.2 Å². The minimum Gasteiger partial charge on any atom is -0.494 e. The molecule has 2 rings (SSSR count). The average molecular weight is 544 g/mol. The Morgan fingerprint density at radius 2 is 1.61 bits per heavy atom. The summed E-state index contributed by atoms with van der Waals surface area (Å²) in [6.45, 7) is 5.30. The zero-order valence-corrected chi connectivity index (χ0v) is 22.3. The third-order valence-electron chi connectivity index (χ3n) is 5.88. The van der Waals surface area contributed by atoms with Gasteiger partial charge in [0, 0.05) is 5.56 Å². The summed E-state index contributed by atoms with van der Waals surface area (Å²) in [7, 11) is 0. The molecule has 3 N–H and O–H groups in total. The van der Waals surface area contributed by atoms with E-state index in [-0.39, 0.29) is 5.56 Å². The van der Waals surface area contributed by atoms with Gasteiger partial charge in [0.2, 0.25) is 0 Å². The number of allylic oxidation sites excluding steroid dienone is 1. The largest absolute Gasteiger partial charge is 0.494 e. The van der Waals surface area contributed by atoms with Crippen molar-refractivity contribution in [2.75, 3.05) is 13.2 Å². The van der Waals surface area contributed by atoms with Crippen molar-refractivity contribution < 1.29 is 37.7 Å². The molecular formula is C27H40F3N3O5. The Hall–Kier alpha value is -2.66. The van der Waals surface area contributed by atoms with E-state index >= 15 is 0 Å². The number of carbonyl (C=O) groups is 1. The van der Waals surface area contributed by atoms with Crippen molar-refractivity contribution in [2.24, 2.45) is 10.2 Å². The Morgan fingerprint density at radius 1 is 1.03 bits per heavy atom. The van der Waals surface area contributed by atoms with Gasteiger partial charge in [0.15, 0.2) is 0 Å². The number of halogens is 3. The van der Waals surface area contributed by atoms with Crippen molar-refractivity contribution in [3.05, 3.63) is 42.0 Å². The first-order valence-electron chi connectivity index (χ1n) is 13.1. The van der Waals surface area contributed by atoms with Gasteiger partial charge < -0.3 is 25.0 Å². The van der Waals surface area contributed by atoms with Crippen LogP contribution >= 0.6 is 0 Å². The summed E-state index contributed by atoms with van der Waals surface area (Å²) in [5.74, 6) is 0.524. The van der Waals surface area contributed by atoms with Crippen molar-refractivity contribution in [3.63, 3.8) is 0 Å². The molecule has 1 aromatic rings. The summed E-state index contributed by atoms with van der Waals surface area (Å²) in [5, 5.41) is 28.5. The number of unbranched alkanes of at least 4 members (excludes halogenated alkanes) is 7. The molecule has 2 atom stereocenters. The van der Waals surface area contributed by atoms with Crippen LogP contribution in [-0.2, 0) is 10.4 Å². The number of alkyl halides is 3. The molecule has 0 spiro atoms. The second-order valence-electron chi connectivity index (χ2n) is 10.4. The molecule has 214 valence electrons. The van der Waals surface area contributed by atoms with E-state index in [0.717, 1.165) is 51.4 Å². The average Bonchev–Trinajstić information content (AvgIpc) is 3.65. The van der Waals surface area contributed by atoms with Crippen LogP contribution in [0.15, 0.2) is 46.6 Å². The van der Waals surface area contributed by atoms with Crippen molar-refractivity contribution in [1.82, 2.24) is 5.32 Å².